The van der Waals surface area contributed by atoms with Crippen molar-refractivity contribution in [2.45, 2.75) is 25.8 Å². The van der Waals surface area contributed by atoms with Gasteiger partial charge in [-0.05, 0) is 30.4 Å². The van der Waals surface area contributed by atoms with Gasteiger partial charge in [0.1, 0.15) is 0 Å². The van der Waals surface area contributed by atoms with E-state index in [1.165, 1.54) is 14.2 Å². The maximum Gasteiger partial charge on any atom is 0.409 e. The first kappa shape index (κ1) is 18.2. The van der Waals surface area contributed by atoms with Crippen molar-refractivity contribution in [3.63, 3.8) is 0 Å². The number of pyridine rings is 1. The molecular formula is C18H23N3O5. The van der Waals surface area contributed by atoms with Crippen LogP contribution in [0.3, 0.4) is 0 Å². The van der Waals surface area contributed by atoms with Gasteiger partial charge in [-0.2, -0.15) is 0 Å². The molecule has 0 spiro atoms. The number of fused-ring (bicyclic) bond motifs is 1. The predicted molar refractivity (Wildman–Crippen MR) is 91.4 cm³/mol. The number of carbonyl (C=O) groups excluding carboxylic acids is 3. The molecule has 8 nitrogen and oxygen atoms in total. The molecule has 2 aliphatic rings. The lowest BCUT2D eigenvalue weighted by Crippen LogP contribution is -2.42. The molecular weight excluding hydrogens is 338 g/mol. The minimum absolute atomic E-state index is 0.0656. The number of rotatable bonds is 2. The number of aromatic nitrogens is 1. The minimum atomic E-state index is -0.378. The van der Waals surface area contributed by atoms with Gasteiger partial charge in [0, 0.05) is 32.0 Å². The molecule has 26 heavy (non-hydrogen) atoms. The van der Waals surface area contributed by atoms with Crippen LogP contribution >= 0.6 is 0 Å². The second-order valence-corrected chi connectivity index (χ2v) is 6.56. The monoisotopic (exact) mass is 361 g/mol. The van der Waals surface area contributed by atoms with Gasteiger partial charge in [-0.3, -0.25) is 14.6 Å². The van der Waals surface area contributed by atoms with E-state index in [-0.39, 0.29) is 23.9 Å². The zero-order valence-corrected chi connectivity index (χ0v) is 15.1. The quantitative estimate of drug-likeness (QED) is 0.736. The third-order valence-electron chi connectivity index (χ3n) is 5.12. The fraction of sp³-hybridized carbons (Fsp3) is 0.556. The molecule has 1 saturated heterocycles. The number of amides is 2. The number of methoxy groups -OCH3 is 2. The molecule has 0 aliphatic carbocycles. The summed E-state index contributed by atoms with van der Waals surface area (Å²) < 4.78 is 9.56. The zero-order valence-electron chi connectivity index (χ0n) is 15.1. The van der Waals surface area contributed by atoms with Crippen LogP contribution in [0.25, 0.3) is 0 Å². The first-order chi connectivity index (χ1) is 12.5. The van der Waals surface area contributed by atoms with E-state index in [0.717, 1.165) is 11.1 Å². The van der Waals surface area contributed by atoms with Crippen molar-refractivity contribution >= 4 is 18.0 Å². The van der Waals surface area contributed by atoms with Crippen molar-refractivity contribution in [2.24, 2.45) is 5.92 Å². The van der Waals surface area contributed by atoms with Crippen LogP contribution in [-0.4, -0.2) is 66.6 Å². The number of esters is 1. The van der Waals surface area contributed by atoms with Crippen LogP contribution in [0.2, 0.25) is 0 Å². The summed E-state index contributed by atoms with van der Waals surface area (Å²) in [5.74, 6) is -0.414. The Hall–Kier alpha value is -2.64. The van der Waals surface area contributed by atoms with E-state index in [1.54, 1.807) is 22.2 Å². The summed E-state index contributed by atoms with van der Waals surface area (Å²) in [5, 5.41) is 0. The van der Waals surface area contributed by atoms with Crippen molar-refractivity contribution in [2.75, 3.05) is 33.9 Å². The highest BCUT2D eigenvalue weighted by molar-refractivity contribution is 5.96. The standard InChI is InChI=1S/C18H23N3O5/c1-25-17(23)12-3-6-20(7-4-12)16(22)15-10-19-9-13-11-21(18(24)26-2)8-5-14(13)15/h9-10,12H,3-8,11H2,1-2H3. The molecule has 140 valence electrons. The third-order valence-corrected chi connectivity index (χ3v) is 5.12. The number of carbonyl (C=O) groups is 3. The molecule has 0 N–H and O–H groups in total. The fourth-order valence-electron chi connectivity index (χ4n) is 3.62. The van der Waals surface area contributed by atoms with Gasteiger partial charge in [-0.25, -0.2) is 4.79 Å². The summed E-state index contributed by atoms with van der Waals surface area (Å²) in [6.07, 6.45) is 4.73. The van der Waals surface area contributed by atoms with Gasteiger partial charge in [0.2, 0.25) is 0 Å². The average molecular weight is 361 g/mol. The second kappa shape index (κ2) is 7.72. The number of piperidine rings is 1. The van der Waals surface area contributed by atoms with Crippen molar-refractivity contribution in [1.82, 2.24) is 14.8 Å². The van der Waals surface area contributed by atoms with Gasteiger partial charge in [0.25, 0.3) is 5.91 Å². The molecule has 0 radical (unpaired) electrons. The molecule has 1 aromatic heterocycles. The molecule has 2 amide bonds. The first-order valence-electron chi connectivity index (χ1n) is 8.71. The van der Waals surface area contributed by atoms with Gasteiger partial charge in [-0.1, -0.05) is 0 Å². The third kappa shape index (κ3) is 3.49. The molecule has 8 heteroatoms. The SMILES string of the molecule is COC(=O)C1CCN(C(=O)c2cncc3c2CCN(C(=O)OC)C3)CC1. The number of likely N-dealkylation sites (tertiary alicyclic amines) is 1. The van der Waals surface area contributed by atoms with Gasteiger partial charge < -0.3 is 19.3 Å². The highest BCUT2D eigenvalue weighted by Gasteiger charge is 2.31. The summed E-state index contributed by atoms with van der Waals surface area (Å²) in [6.45, 7) is 1.95. The first-order valence-corrected chi connectivity index (χ1v) is 8.71. The van der Waals surface area contributed by atoms with Crippen molar-refractivity contribution in [3.05, 3.63) is 29.1 Å². The van der Waals surface area contributed by atoms with Gasteiger partial charge in [0.15, 0.2) is 0 Å². The molecule has 0 saturated carbocycles. The lowest BCUT2D eigenvalue weighted by Gasteiger charge is -2.33. The Morgan fingerprint density at radius 3 is 2.42 bits per heavy atom. The van der Waals surface area contributed by atoms with E-state index in [2.05, 4.69) is 4.98 Å². The van der Waals surface area contributed by atoms with Crippen LogP contribution in [0.4, 0.5) is 4.79 Å². The highest BCUT2D eigenvalue weighted by Crippen LogP contribution is 2.25. The van der Waals surface area contributed by atoms with Crippen molar-refractivity contribution < 1.29 is 23.9 Å². The predicted octanol–water partition coefficient (Wildman–Crippen LogP) is 1.23. The van der Waals surface area contributed by atoms with Crippen LogP contribution in [0.5, 0.6) is 0 Å². The Labute approximate surface area is 152 Å². The summed E-state index contributed by atoms with van der Waals surface area (Å²) in [4.78, 5) is 43.9. The van der Waals surface area contributed by atoms with Crippen LogP contribution in [0.15, 0.2) is 12.4 Å². The van der Waals surface area contributed by atoms with Crippen molar-refractivity contribution in [1.29, 1.82) is 0 Å². The average Bonchev–Trinajstić information content (AvgIpc) is 2.71. The maximum atomic E-state index is 13.0. The zero-order chi connectivity index (χ0) is 18.7. The lowest BCUT2D eigenvalue weighted by molar-refractivity contribution is -0.146. The van der Waals surface area contributed by atoms with Crippen LogP contribution in [0, 0.1) is 5.92 Å². The molecule has 1 aromatic rings. The molecule has 2 aliphatic heterocycles. The summed E-state index contributed by atoms with van der Waals surface area (Å²) >= 11 is 0. The van der Waals surface area contributed by atoms with Crippen LogP contribution in [0.1, 0.15) is 34.3 Å². The van der Waals surface area contributed by atoms with E-state index in [9.17, 15) is 14.4 Å². The van der Waals surface area contributed by atoms with E-state index < -0.39 is 0 Å². The summed E-state index contributed by atoms with van der Waals surface area (Å²) in [6, 6.07) is 0. The Kier molecular flexibility index (Phi) is 5.39. The van der Waals surface area contributed by atoms with Gasteiger partial charge in [-0.15, -0.1) is 0 Å². The number of hydrogen-bond acceptors (Lipinski definition) is 6. The Morgan fingerprint density at radius 1 is 1.04 bits per heavy atom. The number of ether oxygens (including phenoxy) is 2. The fourth-order valence-corrected chi connectivity index (χ4v) is 3.62. The molecule has 0 aromatic carbocycles. The molecule has 0 atom stereocenters. The summed E-state index contributed by atoms with van der Waals surface area (Å²) in [7, 11) is 2.74. The maximum absolute atomic E-state index is 13.0. The van der Waals surface area contributed by atoms with E-state index >= 15 is 0 Å². The topological polar surface area (TPSA) is 89.0 Å². The smallest absolute Gasteiger partial charge is 0.409 e. The Bertz CT molecular complexity index is 713. The number of hydrogen-bond donors (Lipinski definition) is 0. The molecule has 0 bridgehead atoms. The Balaban J connectivity index is 1.72. The molecule has 1 fully saturated rings. The lowest BCUT2D eigenvalue weighted by atomic mass is 9.94. The van der Waals surface area contributed by atoms with Crippen LogP contribution < -0.4 is 0 Å². The second-order valence-electron chi connectivity index (χ2n) is 6.56. The van der Waals surface area contributed by atoms with Gasteiger partial charge >= 0.3 is 12.1 Å². The van der Waals surface area contributed by atoms with Crippen molar-refractivity contribution in [3.8, 4) is 0 Å². The largest absolute Gasteiger partial charge is 0.469 e. The normalized spacial score (nSPS) is 17.5. The van der Waals surface area contributed by atoms with E-state index in [4.69, 9.17) is 9.47 Å². The highest BCUT2D eigenvalue weighted by atomic mass is 16.5. The number of nitrogens with zero attached hydrogens (tertiary/aromatic N) is 3. The minimum Gasteiger partial charge on any atom is -0.469 e. The van der Waals surface area contributed by atoms with E-state index in [1.807, 2.05) is 0 Å². The molecule has 3 rings (SSSR count). The van der Waals surface area contributed by atoms with Crippen LogP contribution in [-0.2, 0) is 27.2 Å². The molecule has 3 heterocycles. The molecule has 0 unspecified atom stereocenters. The Morgan fingerprint density at radius 2 is 1.77 bits per heavy atom. The van der Waals surface area contributed by atoms with E-state index in [0.29, 0.717) is 51.0 Å². The summed E-state index contributed by atoms with van der Waals surface area (Å²) in [5.41, 5.74) is 2.40. The van der Waals surface area contributed by atoms with Gasteiger partial charge in [0.05, 0.1) is 32.2 Å².